The summed E-state index contributed by atoms with van der Waals surface area (Å²) in [6.45, 7) is 4.86. The Labute approximate surface area is 207 Å². The SMILES string of the molecule is CNC[C@@H](O)C(Cc1ccccc1)NC(=O)c1cc2c3c(c1)c(C(C)C)cn3CCS(=O)(=O)N2C. The van der Waals surface area contributed by atoms with Crippen molar-refractivity contribution in [3.8, 4) is 0 Å². The van der Waals surface area contributed by atoms with Crippen molar-refractivity contribution in [3.63, 3.8) is 0 Å². The summed E-state index contributed by atoms with van der Waals surface area (Å²) in [6.07, 6.45) is 1.67. The predicted molar refractivity (Wildman–Crippen MR) is 140 cm³/mol. The van der Waals surface area contributed by atoms with Gasteiger partial charge in [-0.1, -0.05) is 44.2 Å². The van der Waals surface area contributed by atoms with Crippen molar-refractivity contribution in [2.75, 3.05) is 30.7 Å². The maximum Gasteiger partial charge on any atom is 0.251 e. The van der Waals surface area contributed by atoms with Crippen LogP contribution in [0, 0.1) is 0 Å². The van der Waals surface area contributed by atoms with Gasteiger partial charge in [0.25, 0.3) is 5.91 Å². The first kappa shape index (κ1) is 25.2. The number of carbonyl (C=O) groups excluding carboxylic acids is 1. The molecule has 35 heavy (non-hydrogen) atoms. The van der Waals surface area contributed by atoms with Gasteiger partial charge in [0.1, 0.15) is 0 Å². The van der Waals surface area contributed by atoms with Crippen LogP contribution in [0.15, 0.2) is 48.7 Å². The molecule has 2 atom stereocenters. The van der Waals surface area contributed by atoms with Crippen molar-refractivity contribution in [2.45, 2.75) is 44.9 Å². The van der Waals surface area contributed by atoms with Crippen molar-refractivity contribution < 1.29 is 18.3 Å². The zero-order valence-electron chi connectivity index (χ0n) is 20.7. The summed E-state index contributed by atoms with van der Waals surface area (Å²) in [5.74, 6) is -0.151. The summed E-state index contributed by atoms with van der Waals surface area (Å²) >= 11 is 0. The summed E-state index contributed by atoms with van der Waals surface area (Å²) in [4.78, 5) is 13.5. The molecule has 0 spiro atoms. The molecule has 0 bridgehead atoms. The highest BCUT2D eigenvalue weighted by molar-refractivity contribution is 7.92. The van der Waals surface area contributed by atoms with Crippen molar-refractivity contribution >= 4 is 32.5 Å². The molecule has 188 valence electrons. The second-order valence-corrected chi connectivity index (χ2v) is 11.6. The number of hydrogen-bond donors (Lipinski definition) is 3. The summed E-state index contributed by atoms with van der Waals surface area (Å²) in [5, 5.41) is 17.6. The molecule has 0 saturated carbocycles. The number of carbonyl (C=O) groups is 1. The molecule has 0 fully saturated rings. The second-order valence-electron chi connectivity index (χ2n) is 9.50. The lowest BCUT2D eigenvalue weighted by Gasteiger charge is -2.25. The van der Waals surface area contributed by atoms with Gasteiger partial charge in [0, 0.05) is 37.3 Å². The molecule has 8 nitrogen and oxygen atoms in total. The average Bonchev–Trinajstić information content (AvgIpc) is 3.17. The highest BCUT2D eigenvalue weighted by atomic mass is 32.2. The van der Waals surface area contributed by atoms with Crippen molar-refractivity contribution in [1.82, 2.24) is 15.2 Å². The van der Waals surface area contributed by atoms with Crippen LogP contribution in [0.3, 0.4) is 0 Å². The second kappa shape index (κ2) is 10.0. The highest BCUT2D eigenvalue weighted by Crippen LogP contribution is 2.37. The van der Waals surface area contributed by atoms with Crippen molar-refractivity contribution in [2.24, 2.45) is 0 Å². The van der Waals surface area contributed by atoms with E-state index in [4.69, 9.17) is 0 Å². The normalized spacial score (nSPS) is 16.8. The lowest BCUT2D eigenvalue weighted by atomic mass is 9.98. The quantitative estimate of drug-likeness (QED) is 0.443. The molecule has 9 heteroatoms. The number of nitrogens with one attached hydrogen (secondary N) is 2. The Morgan fingerprint density at radius 2 is 1.89 bits per heavy atom. The van der Waals surface area contributed by atoms with Crippen LogP contribution in [0.4, 0.5) is 5.69 Å². The summed E-state index contributed by atoms with van der Waals surface area (Å²) in [6, 6.07) is 12.7. The van der Waals surface area contributed by atoms with E-state index in [1.54, 1.807) is 20.2 Å². The van der Waals surface area contributed by atoms with E-state index < -0.39 is 22.2 Å². The Kier molecular flexibility index (Phi) is 7.21. The van der Waals surface area contributed by atoms with Gasteiger partial charge in [0.15, 0.2) is 0 Å². The Hall–Kier alpha value is -2.88. The first-order valence-corrected chi connectivity index (χ1v) is 13.5. The molecule has 3 N–H and O–H groups in total. The van der Waals surface area contributed by atoms with E-state index in [1.165, 1.54) is 4.31 Å². The van der Waals surface area contributed by atoms with E-state index in [2.05, 4.69) is 24.5 Å². The van der Waals surface area contributed by atoms with Crippen LogP contribution in [0.2, 0.25) is 0 Å². The molecule has 0 radical (unpaired) electrons. The Morgan fingerprint density at radius 3 is 2.54 bits per heavy atom. The number of likely N-dealkylation sites (N-methyl/N-ethyl adjacent to an activating group) is 1. The van der Waals surface area contributed by atoms with Crippen molar-refractivity contribution in [3.05, 3.63) is 65.4 Å². The third kappa shape index (κ3) is 5.07. The fourth-order valence-corrected chi connectivity index (χ4v) is 5.85. The number of aliphatic hydroxyl groups is 1. The standard InChI is InChI=1S/C26H34N4O4S/c1-17(2)21-16-30-10-11-35(33,34)29(4)23-14-19(13-20(21)25(23)30)26(32)28-22(24(31)15-27-3)12-18-8-6-5-7-9-18/h5-9,13-14,16-17,22,24,27,31H,10-12,15H2,1-4H3,(H,28,32)/t22?,24-/m1/s1. The first-order valence-electron chi connectivity index (χ1n) is 11.9. The van der Waals surface area contributed by atoms with E-state index in [9.17, 15) is 18.3 Å². The van der Waals surface area contributed by atoms with Crippen LogP contribution in [0.25, 0.3) is 10.9 Å². The molecule has 2 aromatic carbocycles. The summed E-state index contributed by atoms with van der Waals surface area (Å²) < 4.78 is 28.9. The van der Waals surface area contributed by atoms with E-state index in [0.717, 1.165) is 22.0 Å². The number of sulfonamides is 1. The minimum atomic E-state index is -3.51. The maximum atomic E-state index is 13.5. The number of aliphatic hydroxyl groups excluding tert-OH is 1. The average molecular weight is 499 g/mol. The zero-order valence-corrected chi connectivity index (χ0v) is 21.5. The molecule has 1 amide bonds. The molecule has 2 heterocycles. The summed E-state index contributed by atoms with van der Waals surface area (Å²) in [7, 11) is -0.219. The highest BCUT2D eigenvalue weighted by Gasteiger charge is 2.30. The van der Waals surface area contributed by atoms with Crippen LogP contribution in [0.5, 0.6) is 0 Å². The van der Waals surface area contributed by atoms with Gasteiger partial charge in [-0.3, -0.25) is 9.10 Å². The van der Waals surface area contributed by atoms with E-state index in [0.29, 0.717) is 30.8 Å². The van der Waals surface area contributed by atoms with Crippen molar-refractivity contribution in [1.29, 1.82) is 0 Å². The number of aromatic nitrogens is 1. The largest absolute Gasteiger partial charge is 0.390 e. The molecule has 4 rings (SSSR count). The molecular formula is C26H34N4O4S. The number of rotatable bonds is 8. The van der Waals surface area contributed by atoms with E-state index >= 15 is 0 Å². The number of amides is 1. The van der Waals surface area contributed by atoms with E-state index in [1.807, 2.05) is 47.2 Å². The van der Waals surface area contributed by atoms with Gasteiger partial charge in [-0.25, -0.2) is 8.42 Å². The molecular weight excluding hydrogens is 464 g/mol. The number of hydrogen-bond acceptors (Lipinski definition) is 5. The molecule has 0 saturated heterocycles. The molecule has 1 aromatic heterocycles. The molecule has 3 aromatic rings. The van der Waals surface area contributed by atoms with Crippen LogP contribution in [0.1, 0.15) is 41.3 Å². The molecule has 1 aliphatic heterocycles. The number of anilines is 1. The van der Waals surface area contributed by atoms with Crippen LogP contribution in [-0.2, 0) is 23.0 Å². The molecule has 0 aliphatic carbocycles. The Bertz CT molecular complexity index is 1320. The lowest BCUT2D eigenvalue weighted by molar-refractivity contribution is 0.0834. The van der Waals surface area contributed by atoms with E-state index in [-0.39, 0.29) is 17.6 Å². The third-order valence-electron chi connectivity index (χ3n) is 6.71. The van der Waals surface area contributed by atoms with Gasteiger partial charge in [-0.05, 0) is 42.6 Å². The lowest BCUT2D eigenvalue weighted by Crippen LogP contribution is -2.48. The Balaban J connectivity index is 1.75. The van der Waals surface area contributed by atoms with Gasteiger partial charge in [0.2, 0.25) is 10.0 Å². The molecule has 1 aliphatic rings. The summed E-state index contributed by atoms with van der Waals surface area (Å²) in [5.41, 5.74) is 3.75. The van der Waals surface area contributed by atoms with Crippen LogP contribution < -0.4 is 14.9 Å². The smallest absolute Gasteiger partial charge is 0.251 e. The number of nitrogens with zero attached hydrogens (tertiary/aromatic N) is 2. The topological polar surface area (TPSA) is 104 Å². The number of aryl methyl sites for hydroxylation is 1. The monoisotopic (exact) mass is 498 g/mol. The van der Waals surface area contributed by atoms with Gasteiger partial charge < -0.3 is 20.3 Å². The minimum Gasteiger partial charge on any atom is -0.390 e. The Morgan fingerprint density at radius 1 is 1.17 bits per heavy atom. The van der Waals surface area contributed by atoms with Gasteiger partial charge in [-0.15, -0.1) is 0 Å². The maximum absolute atomic E-state index is 13.5. The number of benzene rings is 2. The fourth-order valence-electron chi connectivity index (χ4n) is 4.71. The van der Waals surface area contributed by atoms with Crippen LogP contribution >= 0.6 is 0 Å². The molecule has 1 unspecified atom stereocenters. The van der Waals surface area contributed by atoms with Gasteiger partial charge >= 0.3 is 0 Å². The first-order chi connectivity index (χ1) is 16.6. The van der Waals surface area contributed by atoms with Crippen LogP contribution in [-0.4, -0.2) is 62.5 Å². The minimum absolute atomic E-state index is 0.00359. The third-order valence-corrected chi connectivity index (χ3v) is 8.44. The van der Waals surface area contributed by atoms with Gasteiger partial charge in [0.05, 0.1) is 29.1 Å². The fraction of sp³-hybridized carbons (Fsp3) is 0.423. The predicted octanol–water partition coefficient (Wildman–Crippen LogP) is 2.47. The zero-order chi connectivity index (χ0) is 25.3. The van der Waals surface area contributed by atoms with Gasteiger partial charge in [-0.2, -0.15) is 0 Å².